The molecule has 0 amide bonds. The van der Waals surface area contributed by atoms with Crippen LogP contribution in [0.5, 0.6) is 0 Å². The normalized spacial score (nSPS) is 15.8. The topological polar surface area (TPSA) is 76.1 Å². The van der Waals surface area contributed by atoms with Crippen molar-refractivity contribution in [3.63, 3.8) is 0 Å². The van der Waals surface area contributed by atoms with E-state index in [-0.39, 0.29) is 11.8 Å². The van der Waals surface area contributed by atoms with Crippen molar-refractivity contribution in [2.24, 2.45) is 0 Å². The van der Waals surface area contributed by atoms with Crippen LogP contribution in [0, 0.1) is 0 Å². The first kappa shape index (κ1) is 18.3. The number of hydrogen-bond acceptors (Lipinski definition) is 6. The lowest BCUT2D eigenvalue weighted by Gasteiger charge is -2.19. The Hall–Kier alpha value is -1.66. The quantitative estimate of drug-likeness (QED) is 0.342. The van der Waals surface area contributed by atoms with Gasteiger partial charge in [-0.2, -0.15) is 0 Å². The second kappa shape index (κ2) is 8.50. The molecule has 0 aromatic heterocycles. The lowest BCUT2D eigenvalue weighted by atomic mass is 10.2. The molecule has 0 bridgehead atoms. The summed E-state index contributed by atoms with van der Waals surface area (Å²) in [5, 5.41) is 8.92. The number of aliphatic hydroxyl groups excluding tert-OH is 1. The molecule has 2 atom stereocenters. The predicted octanol–water partition coefficient (Wildman–Crippen LogP) is 1.21. The summed E-state index contributed by atoms with van der Waals surface area (Å²) in [6.45, 7) is 6.22. The molecule has 0 rings (SSSR count). The Labute approximate surface area is 119 Å². The lowest BCUT2D eigenvalue weighted by Crippen LogP contribution is -2.30. The second-order valence-corrected chi connectivity index (χ2v) is 4.67. The average Bonchev–Trinajstić information content (AvgIpc) is 2.33. The Bertz CT molecular complexity index is 410. The monoisotopic (exact) mass is 285 g/mol. The number of nitrogens with zero attached hydrogens (tertiary/aromatic N) is 1. The van der Waals surface area contributed by atoms with Crippen molar-refractivity contribution in [1.82, 2.24) is 4.90 Å². The third-order valence-electron chi connectivity index (χ3n) is 2.51. The molecule has 0 aliphatic heterocycles. The van der Waals surface area contributed by atoms with Crippen LogP contribution in [0.1, 0.15) is 27.7 Å². The van der Waals surface area contributed by atoms with E-state index in [9.17, 15) is 9.59 Å². The SMILES string of the molecule is C/C(=C\C=C(/C)C(=O)OC(C)N(C)C)C(=O)OC(C)O. The number of aliphatic hydroxyl groups is 1. The fourth-order valence-corrected chi connectivity index (χ4v) is 0.987. The number of carbonyl (C=O) groups excluding carboxylic acids is 2. The van der Waals surface area contributed by atoms with Gasteiger partial charge in [0.05, 0.1) is 0 Å². The molecule has 0 aliphatic carbocycles. The molecule has 0 saturated heterocycles. The van der Waals surface area contributed by atoms with Crippen molar-refractivity contribution in [3.05, 3.63) is 23.3 Å². The summed E-state index contributed by atoms with van der Waals surface area (Å²) in [6.07, 6.45) is 1.42. The van der Waals surface area contributed by atoms with Gasteiger partial charge < -0.3 is 14.6 Å². The van der Waals surface area contributed by atoms with Crippen molar-refractivity contribution >= 4 is 11.9 Å². The number of carbonyl (C=O) groups is 2. The summed E-state index contributed by atoms with van der Waals surface area (Å²) in [7, 11) is 3.60. The number of ether oxygens (including phenoxy) is 2. The van der Waals surface area contributed by atoms with Gasteiger partial charge in [-0.15, -0.1) is 0 Å². The van der Waals surface area contributed by atoms with Crippen LogP contribution in [0.4, 0.5) is 0 Å². The Kier molecular flexibility index (Phi) is 7.79. The summed E-state index contributed by atoms with van der Waals surface area (Å²) >= 11 is 0. The molecule has 0 aromatic rings. The van der Waals surface area contributed by atoms with Crippen molar-refractivity contribution in [2.75, 3.05) is 14.1 Å². The Morgan fingerprint density at radius 3 is 1.75 bits per heavy atom. The van der Waals surface area contributed by atoms with E-state index in [0.717, 1.165) is 0 Å². The van der Waals surface area contributed by atoms with E-state index in [1.165, 1.54) is 26.0 Å². The highest BCUT2D eigenvalue weighted by Crippen LogP contribution is 2.05. The summed E-state index contributed by atoms with van der Waals surface area (Å²) in [5.41, 5.74) is 0.640. The van der Waals surface area contributed by atoms with Gasteiger partial charge in [-0.05, 0) is 41.8 Å². The smallest absolute Gasteiger partial charge is 0.336 e. The van der Waals surface area contributed by atoms with E-state index in [1.54, 1.807) is 32.8 Å². The zero-order chi connectivity index (χ0) is 15.9. The maximum absolute atomic E-state index is 11.7. The molecule has 6 heteroatoms. The van der Waals surface area contributed by atoms with Crippen molar-refractivity contribution < 1.29 is 24.2 Å². The van der Waals surface area contributed by atoms with Gasteiger partial charge in [-0.25, -0.2) is 9.59 Å². The molecule has 1 N–H and O–H groups in total. The first-order chi connectivity index (χ1) is 9.15. The minimum absolute atomic E-state index is 0.277. The summed E-state index contributed by atoms with van der Waals surface area (Å²) in [4.78, 5) is 24.9. The zero-order valence-corrected chi connectivity index (χ0v) is 12.8. The highest BCUT2D eigenvalue weighted by Gasteiger charge is 2.13. The van der Waals surface area contributed by atoms with E-state index >= 15 is 0 Å². The maximum Gasteiger partial charge on any atom is 0.336 e. The van der Waals surface area contributed by atoms with E-state index in [2.05, 4.69) is 4.74 Å². The van der Waals surface area contributed by atoms with Crippen LogP contribution < -0.4 is 0 Å². The van der Waals surface area contributed by atoms with Crippen LogP contribution in [-0.4, -0.2) is 48.6 Å². The van der Waals surface area contributed by atoms with E-state index < -0.39 is 18.2 Å². The molecular weight excluding hydrogens is 262 g/mol. The molecule has 0 aliphatic rings. The Morgan fingerprint density at radius 2 is 1.40 bits per heavy atom. The fourth-order valence-electron chi connectivity index (χ4n) is 0.987. The maximum atomic E-state index is 11.7. The molecule has 0 saturated carbocycles. The molecule has 2 unspecified atom stereocenters. The average molecular weight is 285 g/mol. The molecule has 0 fully saturated rings. The highest BCUT2D eigenvalue weighted by atomic mass is 16.6. The molecule has 0 aromatic carbocycles. The minimum atomic E-state index is -1.16. The fraction of sp³-hybridized carbons (Fsp3) is 0.571. The first-order valence-electron chi connectivity index (χ1n) is 6.26. The van der Waals surface area contributed by atoms with Gasteiger partial charge in [0, 0.05) is 11.1 Å². The van der Waals surface area contributed by atoms with E-state index in [1.807, 2.05) is 0 Å². The van der Waals surface area contributed by atoms with Crippen LogP contribution in [-0.2, 0) is 19.1 Å². The second-order valence-electron chi connectivity index (χ2n) is 4.67. The summed E-state index contributed by atoms with van der Waals surface area (Å²) < 4.78 is 9.76. The Morgan fingerprint density at radius 1 is 1.00 bits per heavy atom. The summed E-state index contributed by atoms with van der Waals surface area (Å²) in [6, 6.07) is 0. The summed E-state index contributed by atoms with van der Waals surface area (Å²) in [5.74, 6) is -1.10. The van der Waals surface area contributed by atoms with Crippen LogP contribution in [0.3, 0.4) is 0 Å². The van der Waals surface area contributed by atoms with Crippen LogP contribution in [0.25, 0.3) is 0 Å². The highest BCUT2D eigenvalue weighted by molar-refractivity contribution is 5.90. The number of hydrogen-bond donors (Lipinski definition) is 1. The van der Waals surface area contributed by atoms with Gasteiger partial charge in [0.15, 0.2) is 12.5 Å². The molecular formula is C14H23NO5. The third-order valence-corrected chi connectivity index (χ3v) is 2.51. The number of esters is 2. The number of rotatable bonds is 6. The van der Waals surface area contributed by atoms with Gasteiger partial charge in [0.1, 0.15) is 0 Å². The van der Waals surface area contributed by atoms with Crippen LogP contribution in [0.15, 0.2) is 23.3 Å². The zero-order valence-electron chi connectivity index (χ0n) is 12.8. The van der Waals surface area contributed by atoms with E-state index in [0.29, 0.717) is 5.57 Å². The van der Waals surface area contributed by atoms with Crippen molar-refractivity contribution in [3.8, 4) is 0 Å². The van der Waals surface area contributed by atoms with Gasteiger partial charge >= 0.3 is 11.9 Å². The molecule has 0 spiro atoms. The van der Waals surface area contributed by atoms with E-state index in [4.69, 9.17) is 9.84 Å². The molecule has 0 heterocycles. The van der Waals surface area contributed by atoms with Gasteiger partial charge in [0.2, 0.25) is 0 Å². The molecule has 0 radical (unpaired) electrons. The molecule has 20 heavy (non-hydrogen) atoms. The minimum Gasteiger partial charge on any atom is -0.443 e. The van der Waals surface area contributed by atoms with Crippen molar-refractivity contribution in [1.29, 1.82) is 0 Å². The number of allylic oxidation sites excluding steroid dienone is 2. The Balaban J connectivity index is 4.64. The molecule has 114 valence electrons. The van der Waals surface area contributed by atoms with Gasteiger partial charge in [0.25, 0.3) is 0 Å². The van der Waals surface area contributed by atoms with Crippen molar-refractivity contribution in [2.45, 2.75) is 40.2 Å². The standard InChI is InChI=1S/C14H23NO5/c1-9(13(17)19-11(3)15(5)6)7-8-10(2)14(18)20-12(4)16/h7-8,11-12,16H,1-6H3/b9-7+,10-8+. The lowest BCUT2D eigenvalue weighted by molar-refractivity contribution is -0.159. The molecule has 6 nitrogen and oxygen atoms in total. The van der Waals surface area contributed by atoms with Gasteiger partial charge in [-0.3, -0.25) is 4.90 Å². The van der Waals surface area contributed by atoms with Crippen LogP contribution >= 0.6 is 0 Å². The third kappa shape index (κ3) is 7.06. The first-order valence-corrected chi connectivity index (χ1v) is 6.26. The predicted molar refractivity (Wildman–Crippen MR) is 74.5 cm³/mol. The largest absolute Gasteiger partial charge is 0.443 e. The van der Waals surface area contributed by atoms with Gasteiger partial charge in [-0.1, -0.05) is 12.2 Å². The van der Waals surface area contributed by atoms with Crippen LogP contribution in [0.2, 0.25) is 0 Å².